The minimum absolute atomic E-state index is 0.191. The number of hydrogen-bond acceptors (Lipinski definition) is 4. The molecule has 2 aromatic heterocycles. The average molecular weight is 332 g/mol. The lowest BCUT2D eigenvalue weighted by Crippen LogP contribution is -2.41. The van der Waals surface area contributed by atoms with Gasteiger partial charge in [-0.2, -0.15) is 0 Å². The first-order valence-electron chi connectivity index (χ1n) is 7.75. The Morgan fingerprint density at radius 2 is 2.33 bits per heavy atom. The molecule has 1 amide bonds. The highest BCUT2D eigenvalue weighted by Crippen LogP contribution is 2.26. The molecule has 0 bridgehead atoms. The van der Waals surface area contributed by atoms with E-state index in [-0.39, 0.29) is 11.7 Å². The number of nitrogens with one attached hydrogen (secondary N) is 1. The van der Waals surface area contributed by atoms with Crippen LogP contribution in [0, 0.1) is 0 Å². The third kappa shape index (κ3) is 2.97. The van der Waals surface area contributed by atoms with Crippen LogP contribution < -0.4 is 5.69 Å². The van der Waals surface area contributed by atoms with Crippen molar-refractivity contribution in [2.45, 2.75) is 18.9 Å². The molecule has 3 heterocycles. The quantitative estimate of drug-likeness (QED) is 0.650. The maximum Gasteiger partial charge on any atom is 0.407 e. The number of aromatic amines is 1. The minimum atomic E-state index is -0.953. The Labute approximate surface area is 138 Å². The van der Waals surface area contributed by atoms with E-state index in [0.29, 0.717) is 29.9 Å². The lowest BCUT2D eigenvalue weighted by molar-refractivity contribution is 0.121. The summed E-state index contributed by atoms with van der Waals surface area (Å²) in [5.74, 6) is 0.433. The lowest BCUT2D eigenvalue weighted by Gasteiger charge is -2.31. The summed E-state index contributed by atoms with van der Waals surface area (Å²) >= 11 is 0. The molecule has 24 heavy (non-hydrogen) atoms. The van der Waals surface area contributed by atoms with Crippen molar-refractivity contribution in [2.75, 3.05) is 27.2 Å². The van der Waals surface area contributed by atoms with E-state index < -0.39 is 6.09 Å². The molecule has 0 aliphatic carbocycles. The molecule has 1 fully saturated rings. The summed E-state index contributed by atoms with van der Waals surface area (Å²) in [5, 5.41) is 9.20. The zero-order valence-corrected chi connectivity index (χ0v) is 13.6. The zero-order valence-electron chi connectivity index (χ0n) is 13.6. The van der Waals surface area contributed by atoms with Crippen molar-refractivity contribution in [3.8, 4) is 0 Å². The van der Waals surface area contributed by atoms with Crippen LogP contribution in [-0.2, 0) is 0 Å². The fourth-order valence-electron chi connectivity index (χ4n) is 3.01. The normalized spacial score (nSPS) is 18.4. The second-order valence-corrected chi connectivity index (χ2v) is 6.06. The summed E-state index contributed by atoms with van der Waals surface area (Å²) in [6, 6.07) is 1.56. The first-order chi connectivity index (χ1) is 11.5. The van der Waals surface area contributed by atoms with Crippen molar-refractivity contribution in [3.05, 3.63) is 22.7 Å². The van der Waals surface area contributed by atoms with Gasteiger partial charge in [-0.25, -0.2) is 19.6 Å². The van der Waals surface area contributed by atoms with Gasteiger partial charge in [-0.1, -0.05) is 0 Å². The van der Waals surface area contributed by atoms with Gasteiger partial charge in [0.1, 0.15) is 5.52 Å². The predicted octanol–water partition coefficient (Wildman–Crippen LogP) is 1.26. The van der Waals surface area contributed by atoms with Crippen LogP contribution in [0.15, 0.2) is 22.1 Å². The van der Waals surface area contributed by atoms with E-state index in [2.05, 4.69) is 15.0 Å². The Balaban J connectivity index is 2.03. The van der Waals surface area contributed by atoms with Crippen molar-refractivity contribution >= 4 is 29.3 Å². The molecular weight excluding hydrogens is 312 g/mol. The Morgan fingerprint density at radius 3 is 3.04 bits per heavy atom. The molecule has 2 aromatic rings. The molecule has 1 aliphatic heterocycles. The van der Waals surface area contributed by atoms with E-state index in [0.717, 1.165) is 12.8 Å². The molecule has 1 unspecified atom stereocenters. The van der Waals surface area contributed by atoms with Crippen LogP contribution >= 0.6 is 0 Å². The number of nitrogens with zero attached hydrogens (tertiary/aromatic N) is 5. The molecule has 1 aliphatic rings. The molecule has 1 atom stereocenters. The molecular formula is C15H20N6O3. The third-order valence-corrected chi connectivity index (χ3v) is 4.06. The fourth-order valence-corrected chi connectivity index (χ4v) is 3.01. The zero-order chi connectivity index (χ0) is 17.3. The molecule has 3 rings (SSSR count). The Morgan fingerprint density at radius 1 is 1.54 bits per heavy atom. The number of piperidine rings is 1. The predicted molar refractivity (Wildman–Crippen MR) is 90.1 cm³/mol. The molecule has 0 spiro atoms. The summed E-state index contributed by atoms with van der Waals surface area (Å²) in [6.45, 7) is 0.809. The van der Waals surface area contributed by atoms with Gasteiger partial charge in [0, 0.05) is 33.4 Å². The summed E-state index contributed by atoms with van der Waals surface area (Å²) < 4.78 is 1.63. The highest BCUT2D eigenvalue weighted by molar-refractivity contribution is 5.86. The Kier molecular flexibility index (Phi) is 4.24. The van der Waals surface area contributed by atoms with Crippen LogP contribution in [-0.4, -0.2) is 69.1 Å². The molecule has 9 nitrogen and oxygen atoms in total. The maximum atomic E-state index is 12.5. The minimum Gasteiger partial charge on any atom is -0.465 e. The maximum absolute atomic E-state index is 12.5. The highest BCUT2D eigenvalue weighted by atomic mass is 16.4. The van der Waals surface area contributed by atoms with E-state index in [1.807, 2.05) is 14.1 Å². The third-order valence-electron chi connectivity index (χ3n) is 4.06. The van der Waals surface area contributed by atoms with Crippen molar-refractivity contribution in [3.63, 3.8) is 0 Å². The van der Waals surface area contributed by atoms with Crippen LogP contribution in [0.1, 0.15) is 18.9 Å². The topological polar surface area (TPSA) is 107 Å². The van der Waals surface area contributed by atoms with Gasteiger partial charge >= 0.3 is 11.8 Å². The number of imidazole rings is 1. The van der Waals surface area contributed by atoms with Crippen molar-refractivity contribution in [2.24, 2.45) is 4.99 Å². The molecule has 0 radical (unpaired) electrons. The van der Waals surface area contributed by atoms with Gasteiger partial charge < -0.3 is 19.9 Å². The Hall–Kier alpha value is -2.84. The smallest absolute Gasteiger partial charge is 0.407 e. The number of pyridine rings is 1. The number of carbonyl (C=O) groups is 1. The van der Waals surface area contributed by atoms with Crippen LogP contribution in [0.2, 0.25) is 0 Å². The van der Waals surface area contributed by atoms with E-state index in [1.54, 1.807) is 28.1 Å². The number of likely N-dealkylation sites (tertiary alicyclic amines) is 1. The molecule has 0 saturated carbocycles. The molecule has 0 aromatic carbocycles. The van der Waals surface area contributed by atoms with Crippen LogP contribution in [0.25, 0.3) is 11.0 Å². The number of fused-ring (bicyclic) bond motifs is 1. The molecule has 128 valence electrons. The summed E-state index contributed by atoms with van der Waals surface area (Å²) in [6.07, 6.45) is 3.75. The van der Waals surface area contributed by atoms with Gasteiger partial charge in [-0.05, 0) is 18.9 Å². The number of rotatable bonds is 3. The summed E-state index contributed by atoms with van der Waals surface area (Å²) in [5.41, 5.74) is 0.989. The van der Waals surface area contributed by atoms with Gasteiger partial charge in [0.2, 0.25) is 0 Å². The molecule has 2 N–H and O–H groups in total. The highest BCUT2D eigenvalue weighted by Gasteiger charge is 2.27. The van der Waals surface area contributed by atoms with Crippen molar-refractivity contribution in [1.82, 2.24) is 24.3 Å². The van der Waals surface area contributed by atoms with Gasteiger partial charge in [-0.3, -0.25) is 4.57 Å². The van der Waals surface area contributed by atoms with Gasteiger partial charge in [0.15, 0.2) is 5.82 Å². The number of H-pyrrole nitrogens is 1. The summed E-state index contributed by atoms with van der Waals surface area (Å²) in [7, 11) is 3.69. The molecule has 1 saturated heterocycles. The Bertz CT molecular complexity index is 837. The van der Waals surface area contributed by atoms with Gasteiger partial charge in [0.25, 0.3) is 0 Å². The number of hydrogen-bond donors (Lipinski definition) is 2. The van der Waals surface area contributed by atoms with Crippen LogP contribution in [0.4, 0.5) is 10.6 Å². The average Bonchev–Trinajstić information content (AvgIpc) is 2.89. The second kappa shape index (κ2) is 6.34. The van der Waals surface area contributed by atoms with E-state index in [4.69, 9.17) is 0 Å². The van der Waals surface area contributed by atoms with Crippen molar-refractivity contribution < 1.29 is 9.90 Å². The van der Waals surface area contributed by atoms with Gasteiger partial charge in [0.05, 0.1) is 17.9 Å². The van der Waals surface area contributed by atoms with Gasteiger partial charge in [-0.15, -0.1) is 0 Å². The lowest BCUT2D eigenvalue weighted by atomic mass is 10.1. The number of aliphatic imine (C=N–C) groups is 1. The largest absolute Gasteiger partial charge is 0.465 e. The number of aromatic nitrogens is 3. The molecule has 9 heteroatoms. The van der Waals surface area contributed by atoms with E-state index >= 15 is 0 Å². The SMILES string of the molecule is CN(C)/C=N/c1nccc2c1[nH]c(=O)n2C1CCCN(C(=O)O)C1. The van der Waals surface area contributed by atoms with E-state index in [1.165, 1.54) is 4.90 Å². The first-order valence-corrected chi connectivity index (χ1v) is 7.75. The van der Waals surface area contributed by atoms with Crippen LogP contribution in [0.3, 0.4) is 0 Å². The standard InChI is InChI=1S/C15H20N6O3/c1-19(2)9-17-13-12-11(5-6-16-13)21(14(22)18-12)10-4-3-7-20(8-10)15(23)24/h5-6,9-10H,3-4,7-8H2,1-2H3,(H,18,22)(H,23,24)/b17-9+. The first kappa shape index (κ1) is 16.0. The van der Waals surface area contributed by atoms with Crippen LogP contribution in [0.5, 0.6) is 0 Å². The fraction of sp³-hybridized carbons (Fsp3) is 0.467. The second-order valence-electron chi connectivity index (χ2n) is 6.06. The number of carboxylic acid groups (broad SMARTS) is 1. The monoisotopic (exact) mass is 332 g/mol. The van der Waals surface area contributed by atoms with Crippen molar-refractivity contribution in [1.29, 1.82) is 0 Å². The summed E-state index contributed by atoms with van der Waals surface area (Å²) in [4.78, 5) is 38.1. The van der Waals surface area contributed by atoms with E-state index in [9.17, 15) is 14.7 Å². The number of amides is 1.